The fraction of sp³-hybridized carbons (Fsp3) is 0.467. The van der Waals surface area contributed by atoms with Crippen LogP contribution >= 0.6 is 0 Å². The fourth-order valence-corrected chi connectivity index (χ4v) is 2.56. The standard InChI is InChI=1S/C15H18O5/c16-8-12-13(17)2-1-3-14(12)20-9-10-4-6-11(7-5-10)15(18)19/h1-3,8,10-11,17H,4-7,9H2,(H,18,19)/t10-,11-. The van der Waals surface area contributed by atoms with E-state index in [1.807, 2.05) is 0 Å². The van der Waals surface area contributed by atoms with Gasteiger partial charge < -0.3 is 14.9 Å². The zero-order valence-corrected chi connectivity index (χ0v) is 11.1. The SMILES string of the molecule is O=Cc1c(O)cccc1OC[C@H]1CC[C@H](C(=O)O)CC1. The van der Waals surface area contributed by atoms with Crippen LogP contribution in [0.25, 0.3) is 0 Å². The van der Waals surface area contributed by atoms with Crippen molar-refractivity contribution in [3.63, 3.8) is 0 Å². The smallest absolute Gasteiger partial charge is 0.306 e. The maximum absolute atomic E-state index is 10.9. The van der Waals surface area contributed by atoms with Crippen LogP contribution in [-0.4, -0.2) is 29.1 Å². The molecular formula is C15H18O5. The number of phenols is 1. The zero-order chi connectivity index (χ0) is 14.5. The molecule has 0 aromatic heterocycles. The number of ether oxygens (including phenoxy) is 1. The fourth-order valence-electron chi connectivity index (χ4n) is 2.56. The molecule has 2 rings (SSSR count). The molecule has 0 aliphatic heterocycles. The quantitative estimate of drug-likeness (QED) is 0.808. The van der Waals surface area contributed by atoms with E-state index in [1.165, 1.54) is 6.07 Å². The first-order valence-corrected chi connectivity index (χ1v) is 6.74. The number of phenolic OH excluding ortho intramolecular Hbond substituents is 1. The number of carboxylic acids is 1. The number of hydrogen-bond acceptors (Lipinski definition) is 4. The van der Waals surface area contributed by atoms with Crippen LogP contribution in [0.1, 0.15) is 36.0 Å². The number of aromatic hydroxyl groups is 1. The predicted molar refractivity (Wildman–Crippen MR) is 72.1 cm³/mol. The van der Waals surface area contributed by atoms with E-state index in [9.17, 15) is 14.7 Å². The predicted octanol–water partition coefficient (Wildman–Crippen LogP) is 2.47. The first-order valence-electron chi connectivity index (χ1n) is 6.74. The van der Waals surface area contributed by atoms with Crippen LogP contribution in [0, 0.1) is 11.8 Å². The highest BCUT2D eigenvalue weighted by Crippen LogP contribution is 2.31. The summed E-state index contributed by atoms with van der Waals surface area (Å²) in [5, 5.41) is 18.5. The minimum absolute atomic E-state index is 0.0907. The first-order chi connectivity index (χ1) is 9.61. The summed E-state index contributed by atoms with van der Waals surface area (Å²) in [7, 11) is 0. The van der Waals surface area contributed by atoms with Gasteiger partial charge in [0.05, 0.1) is 18.1 Å². The third-order valence-electron chi connectivity index (χ3n) is 3.83. The highest BCUT2D eigenvalue weighted by atomic mass is 16.5. The summed E-state index contributed by atoms with van der Waals surface area (Å²) in [4.78, 5) is 21.8. The Morgan fingerprint density at radius 1 is 1.30 bits per heavy atom. The lowest BCUT2D eigenvalue weighted by atomic mass is 9.82. The minimum atomic E-state index is -0.722. The van der Waals surface area contributed by atoms with E-state index >= 15 is 0 Å². The molecule has 0 spiro atoms. The maximum Gasteiger partial charge on any atom is 0.306 e. The number of hydrogen-bond donors (Lipinski definition) is 2. The monoisotopic (exact) mass is 278 g/mol. The Kier molecular flexibility index (Phi) is 4.61. The summed E-state index contributed by atoms with van der Waals surface area (Å²) in [5.41, 5.74) is 0.159. The molecule has 1 aliphatic carbocycles. The topological polar surface area (TPSA) is 83.8 Å². The molecule has 2 N–H and O–H groups in total. The molecule has 1 aromatic rings. The van der Waals surface area contributed by atoms with Crippen LogP contribution < -0.4 is 4.74 Å². The molecule has 0 atom stereocenters. The molecule has 5 heteroatoms. The van der Waals surface area contributed by atoms with Gasteiger partial charge in [-0.15, -0.1) is 0 Å². The van der Waals surface area contributed by atoms with Gasteiger partial charge in [0, 0.05) is 0 Å². The van der Waals surface area contributed by atoms with Crippen molar-refractivity contribution in [2.45, 2.75) is 25.7 Å². The van der Waals surface area contributed by atoms with Crippen LogP contribution in [0.3, 0.4) is 0 Å². The summed E-state index contributed by atoms with van der Waals surface area (Å²) in [5.74, 6) is -0.377. The lowest BCUT2D eigenvalue weighted by molar-refractivity contribution is -0.143. The molecule has 0 bridgehead atoms. The molecule has 0 amide bonds. The first kappa shape index (κ1) is 14.4. The lowest BCUT2D eigenvalue weighted by Crippen LogP contribution is -2.24. The van der Waals surface area contributed by atoms with Crippen molar-refractivity contribution in [2.75, 3.05) is 6.61 Å². The van der Waals surface area contributed by atoms with Gasteiger partial charge in [0.1, 0.15) is 11.5 Å². The van der Waals surface area contributed by atoms with Gasteiger partial charge in [-0.05, 0) is 43.7 Å². The Balaban J connectivity index is 1.89. The molecule has 0 saturated heterocycles. The summed E-state index contributed by atoms with van der Waals surface area (Å²) < 4.78 is 5.61. The summed E-state index contributed by atoms with van der Waals surface area (Å²) >= 11 is 0. The van der Waals surface area contributed by atoms with Gasteiger partial charge in [-0.1, -0.05) is 6.07 Å². The lowest BCUT2D eigenvalue weighted by Gasteiger charge is -2.26. The molecule has 1 fully saturated rings. The minimum Gasteiger partial charge on any atom is -0.507 e. The second kappa shape index (κ2) is 6.41. The molecule has 108 valence electrons. The molecule has 5 nitrogen and oxygen atoms in total. The van der Waals surface area contributed by atoms with Crippen molar-refractivity contribution >= 4 is 12.3 Å². The Hall–Kier alpha value is -2.04. The normalized spacial score (nSPS) is 22.2. The Bertz CT molecular complexity index is 489. The maximum atomic E-state index is 10.9. The van der Waals surface area contributed by atoms with Gasteiger partial charge in [-0.3, -0.25) is 9.59 Å². The third-order valence-corrected chi connectivity index (χ3v) is 3.83. The van der Waals surface area contributed by atoms with E-state index in [0.717, 1.165) is 12.8 Å². The van der Waals surface area contributed by atoms with Crippen molar-refractivity contribution in [3.8, 4) is 11.5 Å². The van der Waals surface area contributed by atoms with Crippen molar-refractivity contribution in [3.05, 3.63) is 23.8 Å². The number of carboxylic acid groups (broad SMARTS) is 1. The number of rotatable bonds is 5. The average molecular weight is 278 g/mol. The number of benzene rings is 1. The van der Waals surface area contributed by atoms with Crippen molar-refractivity contribution in [2.24, 2.45) is 11.8 Å². The number of aldehydes is 1. The number of aliphatic carboxylic acids is 1. The van der Waals surface area contributed by atoms with Crippen LogP contribution in [0.2, 0.25) is 0 Å². The van der Waals surface area contributed by atoms with E-state index in [2.05, 4.69) is 0 Å². The van der Waals surface area contributed by atoms with E-state index in [4.69, 9.17) is 9.84 Å². The molecule has 1 saturated carbocycles. The van der Waals surface area contributed by atoms with Gasteiger partial charge in [-0.2, -0.15) is 0 Å². The zero-order valence-electron chi connectivity index (χ0n) is 11.1. The van der Waals surface area contributed by atoms with Crippen LogP contribution in [0.15, 0.2) is 18.2 Å². The molecular weight excluding hydrogens is 260 g/mol. The Morgan fingerprint density at radius 3 is 2.60 bits per heavy atom. The van der Waals surface area contributed by atoms with E-state index in [-0.39, 0.29) is 17.2 Å². The van der Waals surface area contributed by atoms with Gasteiger partial charge >= 0.3 is 5.97 Å². The highest BCUT2D eigenvalue weighted by Gasteiger charge is 2.26. The van der Waals surface area contributed by atoms with Crippen LogP contribution in [0.4, 0.5) is 0 Å². The second-order valence-electron chi connectivity index (χ2n) is 5.17. The van der Waals surface area contributed by atoms with Crippen LogP contribution in [0.5, 0.6) is 11.5 Å². The molecule has 0 radical (unpaired) electrons. The van der Waals surface area contributed by atoms with E-state index in [1.54, 1.807) is 12.1 Å². The van der Waals surface area contributed by atoms with E-state index in [0.29, 0.717) is 37.4 Å². The van der Waals surface area contributed by atoms with Crippen molar-refractivity contribution < 1.29 is 24.5 Å². The van der Waals surface area contributed by atoms with Crippen LogP contribution in [-0.2, 0) is 4.79 Å². The Morgan fingerprint density at radius 2 is 2.00 bits per heavy atom. The summed E-state index contributed by atoms with van der Waals surface area (Å²) in [6.45, 7) is 0.441. The number of carbonyl (C=O) groups is 2. The molecule has 1 aliphatic rings. The second-order valence-corrected chi connectivity index (χ2v) is 5.17. The molecule has 0 heterocycles. The molecule has 0 unspecified atom stereocenters. The summed E-state index contributed by atoms with van der Waals surface area (Å²) in [6.07, 6.45) is 3.54. The van der Waals surface area contributed by atoms with Gasteiger partial charge in [0.25, 0.3) is 0 Å². The van der Waals surface area contributed by atoms with Crippen molar-refractivity contribution in [1.82, 2.24) is 0 Å². The third kappa shape index (κ3) is 3.29. The largest absolute Gasteiger partial charge is 0.507 e. The van der Waals surface area contributed by atoms with Crippen molar-refractivity contribution in [1.29, 1.82) is 0 Å². The van der Waals surface area contributed by atoms with Gasteiger partial charge in [0.15, 0.2) is 6.29 Å². The van der Waals surface area contributed by atoms with E-state index < -0.39 is 5.97 Å². The Labute approximate surface area is 117 Å². The average Bonchev–Trinajstić information content (AvgIpc) is 2.45. The molecule has 20 heavy (non-hydrogen) atoms. The number of carbonyl (C=O) groups excluding carboxylic acids is 1. The van der Waals surface area contributed by atoms with Gasteiger partial charge in [0.2, 0.25) is 0 Å². The summed E-state index contributed by atoms with van der Waals surface area (Å²) in [6, 6.07) is 4.71. The van der Waals surface area contributed by atoms with Gasteiger partial charge in [-0.25, -0.2) is 0 Å². The highest BCUT2D eigenvalue weighted by molar-refractivity contribution is 5.83. The molecule has 1 aromatic carbocycles.